The van der Waals surface area contributed by atoms with Crippen molar-refractivity contribution in [2.24, 2.45) is 23.3 Å². The van der Waals surface area contributed by atoms with Crippen LogP contribution in [0.5, 0.6) is 0 Å². The van der Waals surface area contributed by atoms with Gasteiger partial charge >= 0.3 is 11.9 Å². The second kappa shape index (κ2) is 14.0. The molecule has 4 atom stereocenters. The number of nitrogens with two attached hydrogens (primary N) is 2. The molecule has 4 unspecified atom stereocenters. The zero-order valence-corrected chi connectivity index (χ0v) is 19.3. The Hall–Kier alpha value is -3.22. The summed E-state index contributed by atoms with van der Waals surface area (Å²) in [5.41, 5.74) is 10.9. The SMILES string of the molecule is CC(C)CC(NC(=O)C(CCC(N)=O)NC(=O)C(N)C(C)C)C(=O)NC(CC(=O)O)C(=O)O. The minimum Gasteiger partial charge on any atom is -0.481 e. The van der Waals surface area contributed by atoms with Gasteiger partial charge in [0, 0.05) is 6.42 Å². The van der Waals surface area contributed by atoms with Gasteiger partial charge in [0.15, 0.2) is 0 Å². The van der Waals surface area contributed by atoms with Crippen LogP contribution in [-0.2, 0) is 28.8 Å². The van der Waals surface area contributed by atoms with Crippen LogP contribution in [0, 0.1) is 11.8 Å². The molecule has 0 saturated heterocycles. The molecule has 9 N–H and O–H groups in total. The molecule has 188 valence electrons. The first-order valence-corrected chi connectivity index (χ1v) is 10.5. The molecular weight excluding hydrogens is 438 g/mol. The number of carboxylic acids is 2. The number of primary amides is 1. The van der Waals surface area contributed by atoms with Gasteiger partial charge in [0.25, 0.3) is 0 Å². The first kappa shape index (κ1) is 29.8. The van der Waals surface area contributed by atoms with Crippen LogP contribution in [0.4, 0.5) is 0 Å². The zero-order chi connectivity index (χ0) is 25.9. The maximum atomic E-state index is 12.9. The van der Waals surface area contributed by atoms with Crippen molar-refractivity contribution in [2.75, 3.05) is 0 Å². The molecule has 0 heterocycles. The summed E-state index contributed by atoms with van der Waals surface area (Å²) in [4.78, 5) is 71.2. The van der Waals surface area contributed by atoms with E-state index in [-0.39, 0.29) is 31.1 Å². The fourth-order valence-electron chi connectivity index (χ4n) is 2.75. The molecule has 0 aromatic heterocycles. The van der Waals surface area contributed by atoms with Gasteiger partial charge in [-0.3, -0.25) is 24.0 Å². The van der Waals surface area contributed by atoms with Crippen LogP contribution in [-0.4, -0.2) is 69.9 Å². The molecule has 13 nitrogen and oxygen atoms in total. The van der Waals surface area contributed by atoms with E-state index in [2.05, 4.69) is 16.0 Å². The summed E-state index contributed by atoms with van der Waals surface area (Å²) >= 11 is 0. The third-order valence-corrected chi connectivity index (χ3v) is 4.67. The van der Waals surface area contributed by atoms with Crippen molar-refractivity contribution in [1.82, 2.24) is 16.0 Å². The summed E-state index contributed by atoms with van der Waals surface area (Å²) in [6.45, 7) is 6.93. The number of carboxylic acid groups (broad SMARTS) is 2. The number of rotatable bonds is 15. The second-order valence-corrected chi connectivity index (χ2v) is 8.52. The lowest BCUT2D eigenvalue weighted by molar-refractivity contribution is -0.147. The Bertz CT molecular complexity index is 740. The maximum Gasteiger partial charge on any atom is 0.326 e. The highest BCUT2D eigenvalue weighted by Gasteiger charge is 2.31. The highest BCUT2D eigenvalue weighted by Crippen LogP contribution is 2.08. The molecule has 4 amide bonds. The first-order chi connectivity index (χ1) is 15.1. The maximum absolute atomic E-state index is 12.9. The monoisotopic (exact) mass is 473 g/mol. The second-order valence-electron chi connectivity index (χ2n) is 8.52. The topological polar surface area (TPSA) is 231 Å². The van der Waals surface area contributed by atoms with Crippen molar-refractivity contribution in [3.8, 4) is 0 Å². The fraction of sp³-hybridized carbons (Fsp3) is 0.700. The molecule has 0 fully saturated rings. The quantitative estimate of drug-likeness (QED) is 0.143. The van der Waals surface area contributed by atoms with Crippen LogP contribution in [0.15, 0.2) is 0 Å². The lowest BCUT2D eigenvalue weighted by Crippen LogP contribution is -2.58. The highest BCUT2D eigenvalue weighted by molar-refractivity contribution is 5.94. The van der Waals surface area contributed by atoms with E-state index in [0.717, 1.165) is 0 Å². The number of nitrogens with one attached hydrogen (secondary N) is 3. The Balaban J connectivity index is 5.59. The molecule has 13 heteroatoms. The van der Waals surface area contributed by atoms with Crippen molar-refractivity contribution in [3.63, 3.8) is 0 Å². The number of aliphatic carboxylic acids is 2. The van der Waals surface area contributed by atoms with Crippen LogP contribution >= 0.6 is 0 Å². The van der Waals surface area contributed by atoms with Crippen molar-refractivity contribution in [1.29, 1.82) is 0 Å². The van der Waals surface area contributed by atoms with Crippen LogP contribution in [0.3, 0.4) is 0 Å². The molecule has 0 spiro atoms. The average molecular weight is 474 g/mol. The number of carbonyl (C=O) groups excluding carboxylic acids is 4. The summed E-state index contributed by atoms with van der Waals surface area (Å²) in [5.74, 6) is -6.35. The predicted octanol–water partition coefficient (Wildman–Crippen LogP) is -1.70. The van der Waals surface area contributed by atoms with Crippen molar-refractivity contribution in [2.45, 2.75) is 77.5 Å². The van der Waals surface area contributed by atoms with Gasteiger partial charge in [-0.2, -0.15) is 0 Å². The van der Waals surface area contributed by atoms with E-state index < -0.39 is 66.2 Å². The molecule has 0 aromatic rings. The minimum absolute atomic E-state index is 0.0962. The van der Waals surface area contributed by atoms with Gasteiger partial charge in [-0.25, -0.2) is 4.79 Å². The van der Waals surface area contributed by atoms with Crippen molar-refractivity contribution >= 4 is 35.6 Å². The van der Waals surface area contributed by atoms with E-state index in [1.807, 2.05) is 0 Å². The minimum atomic E-state index is -1.70. The van der Waals surface area contributed by atoms with Crippen molar-refractivity contribution < 1.29 is 39.0 Å². The van der Waals surface area contributed by atoms with Crippen LogP contribution in [0.1, 0.15) is 53.4 Å². The molecular formula is C20H35N5O8. The van der Waals surface area contributed by atoms with Crippen molar-refractivity contribution in [3.05, 3.63) is 0 Å². The van der Waals surface area contributed by atoms with Crippen LogP contribution in [0.2, 0.25) is 0 Å². The molecule has 33 heavy (non-hydrogen) atoms. The molecule has 0 aliphatic heterocycles. The summed E-state index contributed by atoms with van der Waals surface area (Å²) < 4.78 is 0. The Labute approximate surface area is 192 Å². The van der Waals surface area contributed by atoms with Gasteiger partial charge < -0.3 is 37.6 Å². The Kier molecular flexibility index (Phi) is 12.7. The third kappa shape index (κ3) is 11.8. The normalized spacial score (nSPS) is 14.6. The fourth-order valence-corrected chi connectivity index (χ4v) is 2.75. The number of amides is 4. The Morgan fingerprint density at radius 1 is 0.788 bits per heavy atom. The molecule has 0 aliphatic rings. The van der Waals surface area contributed by atoms with E-state index in [1.54, 1.807) is 27.7 Å². The van der Waals surface area contributed by atoms with Gasteiger partial charge in [-0.05, 0) is 24.7 Å². The van der Waals surface area contributed by atoms with Gasteiger partial charge in [-0.1, -0.05) is 27.7 Å². The molecule has 0 aromatic carbocycles. The largest absolute Gasteiger partial charge is 0.481 e. The smallest absolute Gasteiger partial charge is 0.326 e. The summed E-state index contributed by atoms with van der Waals surface area (Å²) in [6.07, 6.45) is -1.13. The van der Waals surface area contributed by atoms with Gasteiger partial charge in [-0.15, -0.1) is 0 Å². The Morgan fingerprint density at radius 3 is 1.70 bits per heavy atom. The van der Waals surface area contributed by atoms with Gasteiger partial charge in [0.1, 0.15) is 18.1 Å². The zero-order valence-electron chi connectivity index (χ0n) is 19.3. The summed E-state index contributed by atoms with van der Waals surface area (Å²) in [5, 5.41) is 25.0. The summed E-state index contributed by atoms with van der Waals surface area (Å²) in [6, 6.07) is -5.07. The summed E-state index contributed by atoms with van der Waals surface area (Å²) in [7, 11) is 0. The van der Waals surface area contributed by atoms with E-state index in [4.69, 9.17) is 21.7 Å². The van der Waals surface area contributed by atoms with Crippen LogP contribution in [0.25, 0.3) is 0 Å². The molecule has 0 radical (unpaired) electrons. The van der Waals surface area contributed by atoms with E-state index in [0.29, 0.717) is 0 Å². The number of hydrogen-bond donors (Lipinski definition) is 7. The first-order valence-electron chi connectivity index (χ1n) is 10.5. The van der Waals surface area contributed by atoms with Gasteiger partial charge in [0.2, 0.25) is 23.6 Å². The lowest BCUT2D eigenvalue weighted by Gasteiger charge is -2.26. The Morgan fingerprint density at radius 2 is 1.27 bits per heavy atom. The standard InChI is InChI=1S/C20H35N5O8/c1-9(2)7-12(18(30)25-13(20(32)33)8-15(27)28)24-17(29)11(5-6-14(21)26)23-19(31)16(22)10(3)4/h9-13,16H,5-8,22H2,1-4H3,(H2,21,26)(H,23,31)(H,24,29)(H,25,30)(H,27,28)(H,32,33). The molecule has 0 bridgehead atoms. The van der Waals surface area contributed by atoms with E-state index in [9.17, 15) is 28.8 Å². The lowest BCUT2D eigenvalue weighted by atomic mass is 10.0. The van der Waals surface area contributed by atoms with E-state index in [1.165, 1.54) is 0 Å². The van der Waals surface area contributed by atoms with Crippen LogP contribution < -0.4 is 27.4 Å². The molecule has 0 rings (SSSR count). The number of carbonyl (C=O) groups is 6. The van der Waals surface area contributed by atoms with Gasteiger partial charge in [0.05, 0.1) is 12.5 Å². The third-order valence-electron chi connectivity index (χ3n) is 4.67. The predicted molar refractivity (Wildman–Crippen MR) is 116 cm³/mol. The average Bonchev–Trinajstić information content (AvgIpc) is 2.67. The van der Waals surface area contributed by atoms with E-state index >= 15 is 0 Å². The molecule has 0 aliphatic carbocycles. The number of hydrogen-bond acceptors (Lipinski definition) is 7. The molecule has 0 saturated carbocycles. The highest BCUT2D eigenvalue weighted by atomic mass is 16.4.